The van der Waals surface area contributed by atoms with Crippen molar-refractivity contribution in [3.63, 3.8) is 0 Å². The first-order chi connectivity index (χ1) is 9.53. The number of sulfone groups is 1. The lowest BCUT2D eigenvalue weighted by molar-refractivity contribution is 0.225. The summed E-state index contributed by atoms with van der Waals surface area (Å²) in [5.74, 6) is 0.184. The molecule has 0 unspecified atom stereocenters. The van der Waals surface area contributed by atoms with Crippen molar-refractivity contribution in [2.75, 3.05) is 18.0 Å². The zero-order valence-corrected chi connectivity index (χ0v) is 14.6. The number of anilines is 1. The van der Waals surface area contributed by atoms with E-state index in [2.05, 4.69) is 18.7 Å². The van der Waals surface area contributed by atoms with Gasteiger partial charge < -0.3 is 5.73 Å². The van der Waals surface area contributed by atoms with Crippen LogP contribution in [-0.4, -0.2) is 36.4 Å². The lowest BCUT2D eigenvalue weighted by Gasteiger charge is -2.28. The Morgan fingerprint density at radius 2 is 1.67 bits per heavy atom. The van der Waals surface area contributed by atoms with Crippen LogP contribution in [-0.2, 0) is 16.4 Å². The minimum Gasteiger partial charge on any atom is -0.399 e. The number of nitrogen functional groups attached to an aromatic ring is 1. The minimum absolute atomic E-state index is 0.184. The van der Waals surface area contributed by atoms with Crippen LogP contribution in [0.3, 0.4) is 0 Å². The van der Waals surface area contributed by atoms with Gasteiger partial charge >= 0.3 is 0 Å². The van der Waals surface area contributed by atoms with Gasteiger partial charge in [0.05, 0.1) is 10.5 Å². The highest BCUT2D eigenvalue weighted by Crippen LogP contribution is 2.17. The lowest BCUT2D eigenvalue weighted by atomic mass is 10.2. The third-order valence-electron chi connectivity index (χ3n) is 3.68. The number of benzene rings is 1. The summed E-state index contributed by atoms with van der Waals surface area (Å²) in [7, 11) is -3.09. The fraction of sp³-hybridized carbons (Fsp3) is 0.625. The molecule has 2 N–H and O–H groups in total. The largest absolute Gasteiger partial charge is 0.399 e. The summed E-state index contributed by atoms with van der Waals surface area (Å²) in [6, 6.07) is 8.02. The summed E-state index contributed by atoms with van der Waals surface area (Å²) in [6.07, 6.45) is 0. The van der Waals surface area contributed by atoms with Gasteiger partial charge in [-0.05, 0) is 52.3 Å². The average molecular weight is 312 g/mol. The Morgan fingerprint density at radius 1 is 1.14 bits per heavy atom. The molecule has 0 atom stereocenters. The van der Waals surface area contributed by atoms with Crippen LogP contribution < -0.4 is 5.73 Å². The Bertz CT molecular complexity index is 543. The van der Waals surface area contributed by atoms with E-state index in [9.17, 15) is 8.42 Å². The second kappa shape index (κ2) is 6.79. The topological polar surface area (TPSA) is 63.4 Å². The summed E-state index contributed by atoms with van der Waals surface area (Å²) < 4.78 is 23.8. The van der Waals surface area contributed by atoms with Crippen LogP contribution in [0.1, 0.15) is 40.2 Å². The highest BCUT2D eigenvalue weighted by atomic mass is 32.2. The Kier molecular flexibility index (Phi) is 5.82. The molecule has 0 bridgehead atoms. The molecule has 120 valence electrons. The Labute approximate surface area is 129 Å². The zero-order chi connectivity index (χ0) is 16.3. The van der Waals surface area contributed by atoms with Gasteiger partial charge in [-0.25, -0.2) is 8.42 Å². The summed E-state index contributed by atoms with van der Waals surface area (Å²) >= 11 is 0. The standard InChI is InChI=1S/C16H28N2O2S/c1-13(2)18(10-11-21(19,20)16(3,4)5)12-14-6-8-15(17)9-7-14/h6-9,13H,10-12,17H2,1-5H3. The molecule has 1 rings (SSSR count). The maximum absolute atomic E-state index is 12.2. The van der Waals surface area contributed by atoms with Crippen LogP contribution in [0.4, 0.5) is 5.69 Å². The lowest BCUT2D eigenvalue weighted by Crippen LogP contribution is -2.39. The number of nitrogens with two attached hydrogens (primary N) is 1. The normalized spacial score (nSPS) is 13.1. The molecule has 1 aromatic carbocycles. The highest BCUT2D eigenvalue weighted by Gasteiger charge is 2.29. The number of hydrogen-bond donors (Lipinski definition) is 1. The SMILES string of the molecule is CC(C)N(CCS(=O)(=O)C(C)(C)C)Cc1ccc(N)cc1. The van der Waals surface area contributed by atoms with Gasteiger partial charge in [0.2, 0.25) is 0 Å². The zero-order valence-electron chi connectivity index (χ0n) is 13.8. The van der Waals surface area contributed by atoms with E-state index < -0.39 is 14.6 Å². The van der Waals surface area contributed by atoms with Gasteiger partial charge in [0.1, 0.15) is 0 Å². The fourth-order valence-electron chi connectivity index (χ4n) is 1.92. The van der Waals surface area contributed by atoms with Crippen molar-refractivity contribution >= 4 is 15.5 Å². The van der Waals surface area contributed by atoms with E-state index in [-0.39, 0.29) is 11.8 Å². The monoisotopic (exact) mass is 312 g/mol. The van der Waals surface area contributed by atoms with Gasteiger partial charge in [0, 0.05) is 24.8 Å². The van der Waals surface area contributed by atoms with Crippen molar-refractivity contribution in [3.8, 4) is 0 Å². The van der Waals surface area contributed by atoms with Gasteiger partial charge in [-0.15, -0.1) is 0 Å². The van der Waals surface area contributed by atoms with Crippen molar-refractivity contribution in [2.24, 2.45) is 0 Å². The van der Waals surface area contributed by atoms with Crippen molar-refractivity contribution in [2.45, 2.75) is 52.0 Å². The molecule has 0 fully saturated rings. The summed E-state index contributed by atoms with van der Waals surface area (Å²) in [5.41, 5.74) is 7.57. The number of hydrogen-bond acceptors (Lipinski definition) is 4. The second-order valence-corrected chi connectivity index (χ2v) is 9.60. The molecular formula is C16H28N2O2S. The fourth-order valence-corrected chi connectivity index (χ4v) is 3.01. The van der Waals surface area contributed by atoms with Crippen LogP contribution in [0.5, 0.6) is 0 Å². The summed E-state index contributed by atoms with van der Waals surface area (Å²) in [5, 5.41) is 0. The molecule has 21 heavy (non-hydrogen) atoms. The van der Waals surface area contributed by atoms with Crippen LogP contribution in [0.2, 0.25) is 0 Å². The van der Waals surface area contributed by atoms with Crippen LogP contribution in [0.15, 0.2) is 24.3 Å². The van der Waals surface area contributed by atoms with Crippen molar-refractivity contribution < 1.29 is 8.42 Å². The minimum atomic E-state index is -3.09. The predicted molar refractivity (Wildman–Crippen MR) is 89.9 cm³/mol. The van der Waals surface area contributed by atoms with E-state index in [0.29, 0.717) is 6.54 Å². The molecule has 0 heterocycles. The van der Waals surface area contributed by atoms with Gasteiger partial charge in [0.15, 0.2) is 9.84 Å². The van der Waals surface area contributed by atoms with Crippen LogP contribution in [0, 0.1) is 0 Å². The third kappa shape index (κ3) is 5.32. The quantitative estimate of drug-likeness (QED) is 0.820. The molecule has 5 heteroatoms. The smallest absolute Gasteiger partial charge is 0.156 e. The van der Waals surface area contributed by atoms with Crippen molar-refractivity contribution in [3.05, 3.63) is 29.8 Å². The molecule has 4 nitrogen and oxygen atoms in total. The molecular weight excluding hydrogens is 284 g/mol. The summed E-state index contributed by atoms with van der Waals surface area (Å²) in [4.78, 5) is 2.18. The second-order valence-electron chi connectivity index (χ2n) is 6.74. The molecule has 0 aliphatic heterocycles. The Balaban J connectivity index is 2.73. The van der Waals surface area contributed by atoms with E-state index >= 15 is 0 Å². The van der Waals surface area contributed by atoms with Crippen molar-refractivity contribution in [1.29, 1.82) is 0 Å². The third-order valence-corrected chi connectivity index (χ3v) is 6.26. The maximum atomic E-state index is 12.2. The van der Waals surface area contributed by atoms with Gasteiger partial charge in [-0.2, -0.15) is 0 Å². The first-order valence-electron chi connectivity index (χ1n) is 7.34. The molecule has 0 radical (unpaired) electrons. The van der Waals surface area contributed by atoms with Gasteiger partial charge in [-0.3, -0.25) is 4.90 Å². The predicted octanol–water partition coefficient (Wildman–Crippen LogP) is 2.69. The van der Waals surface area contributed by atoms with E-state index in [4.69, 9.17) is 5.73 Å². The Hall–Kier alpha value is -1.07. The molecule has 0 aromatic heterocycles. The van der Waals surface area contributed by atoms with Crippen LogP contribution >= 0.6 is 0 Å². The van der Waals surface area contributed by atoms with E-state index in [1.165, 1.54) is 0 Å². The molecule has 0 saturated heterocycles. The summed E-state index contributed by atoms with van der Waals surface area (Å²) in [6.45, 7) is 10.7. The Morgan fingerprint density at radius 3 is 2.10 bits per heavy atom. The first-order valence-corrected chi connectivity index (χ1v) is 8.99. The van der Waals surface area contributed by atoms with E-state index in [1.54, 1.807) is 20.8 Å². The van der Waals surface area contributed by atoms with Gasteiger partial charge in [0.25, 0.3) is 0 Å². The van der Waals surface area contributed by atoms with Crippen LogP contribution in [0.25, 0.3) is 0 Å². The molecule has 0 amide bonds. The van der Waals surface area contributed by atoms with E-state index in [0.717, 1.165) is 17.8 Å². The van der Waals surface area contributed by atoms with E-state index in [1.807, 2.05) is 24.3 Å². The maximum Gasteiger partial charge on any atom is 0.156 e. The molecule has 0 aliphatic carbocycles. The van der Waals surface area contributed by atoms with Gasteiger partial charge in [-0.1, -0.05) is 12.1 Å². The number of rotatable bonds is 6. The molecule has 1 aromatic rings. The molecule has 0 saturated carbocycles. The average Bonchev–Trinajstić information content (AvgIpc) is 2.35. The van der Waals surface area contributed by atoms with Crippen molar-refractivity contribution in [1.82, 2.24) is 4.90 Å². The highest BCUT2D eigenvalue weighted by molar-refractivity contribution is 7.92. The molecule has 0 spiro atoms. The first kappa shape index (κ1) is 18.0. The number of nitrogens with zero attached hydrogens (tertiary/aromatic N) is 1. The molecule has 0 aliphatic rings.